The van der Waals surface area contributed by atoms with Crippen molar-refractivity contribution in [2.24, 2.45) is 0 Å². The molecule has 0 aliphatic carbocycles. The first-order valence-corrected chi connectivity index (χ1v) is 12.1. The number of benzene rings is 2. The molecular weight excluding hydrogens is 470 g/mol. The Bertz CT molecular complexity index is 1280. The molecule has 9 nitrogen and oxygen atoms in total. The van der Waals surface area contributed by atoms with E-state index in [1.807, 2.05) is 4.90 Å². The summed E-state index contributed by atoms with van der Waals surface area (Å²) >= 11 is 5.89. The number of hydrogen-bond donors (Lipinski definition) is 0. The first kappa shape index (κ1) is 22.8. The van der Waals surface area contributed by atoms with E-state index in [1.54, 1.807) is 35.2 Å². The number of nitro groups is 1. The summed E-state index contributed by atoms with van der Waals surface area (Å²) < 4.78 is 30.6. The lowest BCUT2D eigenvalue weighted by Gasteiger charge is -2.35. The molecule has 1 aromatic heterocycles. The van der Waals surface area contributed by atoms with Crippen LogP contribution in [0.1, 0.15) is 16.3 Å². The monoisotopic (exact) mass is 489 g/mol. The summed E-state index contributed by atoms with van der Waals surface area (Å²) in [5.41, 5.74) is 0.362. The molecule has 1 aliphatic heterocycles. The molecule has 0 saturated carbocycles. The van der Waals surface area contributed by atoms with Gasteiger partial charge in [-0.05, 0) is 36.4 Å². The molecule has 33 heavy (non-hydrogen) atoms. The number of furan rings is 1. The molecule has 11 heteroatoms. The number of rotatable bonds is 6. The van der Waals surface area contributed by atoms with Crippen molar-refractivity contribution in [2.75, 3.05) is 31.1 Å². The number of nitrogens with zero attached hydrogens (tertiary/aromatic N) is 3. The number of sulfone groups is 1. The Hall–Kier alpha value is -3.37. The van der Waals surface area contributed by atoms with E-state index in [2.05, 4.69) is 0 Å². The van der Waals surface area contributed by atoms with Gasteiger partial charge in [0.25, 0.3) is 11.6 Å². The number of carbonyl (C=O) groups is 1. The van der Waals surface area contributed by atoms with Crippen LogP contribution < -0.4 is 4.90 Å². The molecule has 0 spiro atoms. The summed E-state index contributed by atoms with van der Waals surface area (Å²) in [4.78, 5) is 27.3. The molecule has 3 aromatic rings. The maximum atomic E-state index is 12.9. The molecule has 0 radical (unpaired) electrons. The molecular formula is C22H20ClN3O6S. The highest BCUT2D eigenvalue weighted by molar-refractivity contribution is 7.90. The van der Waals surface area contributed by atoms with Gasteiger partial charge in [0.1, 0.15) is 17.2 Å². The standard InChI is InChI=1S/C22H20ClN3O6S/c23-16-6-8-19(20(14-16)26(28)29)24-10-12-25(13-11-24)22(27)21-9-7-17(32-21)15-33(30,31)18-4-2-1-3-5-18/h1-9,14H,10-13,15H2. The van der Waals surface area contributed by atoms with Gasteiger partial charge in [0.15, 0.2) is 15.6 Å². The average molecular weight is 490 g/mol. The molecule has 0 unspecified atom stereocenters. The van der Waals surface area contributed by atoms with E-state index in [-0.39, 0.29) is 38.8 Å². The summed E-state index contributed by atoms with van der Waals surface area (Å²) in [6.45, 7) is 1.45. The zero-order chi connectivity index (χ0) is 23.6. The number of carbonyl (C=O) groups excluding carboxylic acids is 1. The van der Waals surface area contributed by atoms with E-state index in [0.29, 0.717) is 31.9 Å². The molecule has 172 valence electrons. The fourth-order valence-electron chi connectivity index (χ4n) is 3.69. The molecule has 1 fully saturated rings. The summed E-state index contributed by atoms with van der Waals surface area (Å²) in [5, 5.41) is 11.6. The van der Waals surface area contributed by atoms with Gasteiger partial charge in [0.05, 0.1) is 9.82 Å². The Kier molecular flexibility index (Phi) is 6.39. The average Bonchev–Trinajstić information content (AvgIpc) is 3.27. The van der Waals surface area contributed by atoms with E-state index >= 15 is 0 Å². The molecule has 2 aromatic carbocycles. The van der Waals surface area contributed by atoms with Crippen molar-refractivity contribution in [1.82, 2.24) is 4.90 Å². The van der Waals surface area contributed by atoms with Gasteiger partial charge in [0, 0.05) is 37.3 Å². The normalized spacial score (nSPS) is 14.3. The van der Waals surface area contributed by atoms with E-state index in [9.17, 15) is 23.3 Å². The summed E-state index contributed by atoms with van der Waals surface area (Å²) in [7, 11) is -3.59. The Morgan fingerprint density at radius 2 is 1.73 bits per heavy atom. The van der Waals surface area contributed by atoms with E-state index in [1.165, 1.54) is 30.3 Å². The number of anilines is 1. The van der Waals surface area contributed by atoms with Crippen LogP contribution in [0.3, 0.4) is 0 Å². The minimum atomic E-state index is -3.59. The van der Waals surface area contributed by atoms with Gasteiger partial charge in [-0.2, -0.15) is 0 Å². The van der Waals surface area contributed by atoms with Crippen LogP contribution in [0.5, 0.6) is 0 Å². The van der Waals surface area contributed by atoms with Crippen molar-refractivity contribution in [3.05, 3.63) is 87.3 Å². The zero-order valence-electron chi connectivity index (χ0n) is 17.4. The Morgan fingerprint density at radius 1 is 1.03 bits per heavy atom. The third-order valence-corrected chi connectivity index (χ3v) is 7.24. The molecule has 1 saturated heterocycles. The van der Waals surface area contributed by atoms with Crippen molar-refractivity contribution in [1.29, 1.82) is 0 Å². The number of nitro benzene ring substituents is 1. The first-order valence-electron chi connectivity index (χ1n) is 10.1. The first-order chi connectivity index (χ1) is 15.7. The Labute approximate surface area is 195 Å². The number of piperazine rings is 1. The van der Waals surface area contributed by atoms with Gasteiger partial charge in [-0.25, -0.2) is 8.42 Å². The van der Waals surface area contributed by atoms with Gasteiger partial charge in [-0.3, -0.25) is 14.9 Å². The van der Waals surface area contributed by atoms with Crippen molar-refractivity contribution < 1.29 is 22.6 Å². The molecule has 4 rings (SSSR count). The summed E-state index contributed by atoms with van der Waals surface area (Å²) in [5.74, 6) is -0.474. The van der Waals surface area contributed by atoms with Crippen LogP contribution in [0.4, 0.5) is 11.4 Å². The van der Waals surface area contributed by atoms with Crippen molar-refractivity contribution in [3.8, 4) is 0 Å². The maximum Gasteiger partial charge on any atom is 0.294 e. The predicted octanol–water partition coefficient (Wildman–Crippen LogP) is 3.78. The van der Waals surface area contributed by atoms with Crippen molar-refractivity contribution >= 4 is 38.7 Å². The van der Waals surface area contributed by atoms with Crippen LogP contribution in [-0.2, 0) is 15.6 Å². The van der Waals surface area contributed by atoms with Crippen molar-refractivity contribution in [3.63, 3.8) is 0 Å². The van der Waals surface area contributed by atoms with Gasteiger partial charge in [0.2, 0.25) is 0 Å². The second-order valence-corrected chi connectivity index (χ2v) is 9.93. The molecule has 0 bridgehead atoms. The summed E-state index contributed by atoms with van der Waals surface area (Å²) in [6.07, 6.45) is 0. The molecule has 0 N–H and O–H groups in total. The number of hydrogen-bond acceptors (Lipinski definition) is 7. The predicted molar refractivity (Wildman–Crippen MR) is 122 cm³/mol. The molecule has 1 amide bonds. The fraction of sp³-hybridized carbons (Fsp3) is 0.227. The Morgan fingerprint density at radius 3 is 2.39 bits per heavy atom. The molecule has 1 aliphatic rings. The Balaban J connectivity index is 1.41. The van der Waals surface area contributed by atoms with Crippen LogP contribution in [0.25, 0.3) is 0 Å². The smallest absolute Gasteiger partial charge is 0.294 e. The minimum Gasteiger partial charge on any atom is -0.455 e. The highest BCUT2D eigenvalue weighted by atomic mass is 35.5. The maximum absolute atomic E-state index is 12.9. The number of amides is 1. The molecule has 0 atom stereocenters. The third-order valence-electron chi connectivity index (χ3n) is 5.35. The highest BCUT2D eigenvalue weighted by Crippen LogP contribution is 2.32. The van der Waals surface area contributed by atoms with Gasteiger partial charge in [-0.1, -0.05) is 29.8 Å². The minimum absolute atomic E-state index is 0.0548. The van der Waals surface area contributed by atoms with Gasteiger partial charge >= 0.3 is 0 Å². The second kappa shape index (κ2) is 9.24. The van der Waals surface area contributed by atoms with Gasteiger partial charge in [-0.15, -0.1) is 0 Å². The fourth-order valence-corrected chi connectivity index (χ4v) is 5.12. The zero-order valence-corrected chi connectivity index (χ0v) is 19.0. The van der Waals surface area contributed by atoms with Gasteiger partial charge < -0.3 is 14.2 Å². The van der Waals surface area contributed by atoms with Crippen LogP contribution in [0.15, 0.2) is 70.0 Å². The number of halogens is 1. The van der Waals surface area contributed by atoms with Crippen LogP contribution in [0, 0.1) is 10.1 Å². The SMILES string of the molecule is O=C(c1ccc(CS(=O)(=O)c2ccccc2)o1)N1CCN(c2ccc(Cl)cc2[N+](=O)[O-])CC1. The van der Waals surface area contributed by atoms with Crippen LogP contribution in [0.2, 0.25) is 5.02 Å². The lowest BCUT2D eigenvalue weighted by molar-refractivity contribution is -0.384. The third kappa shape index (κ3) is 5.01. The lowest BCUT2D eigenvalue weighted by Crippen LogP contribution is -2.48. The molecule has 2 heterocycles. The van der Waals surface area contributed by atoms with E-state index in [0.717, 1.165) is 0 Å². The van der Waals surface area contributed by atoms with Crippen LogP contribution >= 0.6 is 11.6 Å². The van der Waals surface area contributed by atoms with Crippen molar-refractivity contribution in [2.45, 2.75) is 10.6 Å². The second-order valence-electron chi connectivity index (χ2n) is 7.51. The van der Waals surface area contributed by atoms with E-state index in [4.69, 9.17) is 16.0 Å². The largest absolute Gasteiger partial charge is 0.455 e. The van der Waals surface area contributed by atoms with E-state index < -0.39 is 14.8 Å². The highest BCUT2D eigenvalue weighted by Gasteiger charge is 2.28. The van der Waals surface area contributed by atoms with Crippen LogP contribution in [-0.4, -0.2) is 50.3 Å². The topological polar surface area (TPSA) is 114 Å². The summed E-state index contributed by atoms with van der Waals surface area (Å²) in [6, 6.07) is 15.5. The quantitative estimate of drug-likeness (QED) is 0.382. The lowest BCUT2D eigenvalue weighted by atomic mass is 10.2.